The van der Waals surface area contributed by atoms with Gasteiger partial charge in [0.1, 0.15) is 0 Å². The van der Waals surface area contributed by atoms with Gasteiger partial charge in [-0.05, 0) is 30.0 Å². The zero-order chi connectivity index (χ0) is 13.7. The van der Waals surface area contributed by atoms with E-state index in [0.29, 0.717) is 0 Å². The molecular formula is C15H21ClN2S. The Morgan fingerprint density at radius 1 is 1.32 bits per heavy atom. The number of aromatic nitrogens is 1. The van der Waals surface area contributed by atoms with Gasteiger partial charge in [-0.3, -0.25) is 0 Å². The van der Waals surface area contributed by atoms with Crippen LogP contribution in [0, 0.1) is 0 Å². The lowest BCUT2D eigenvalue weighted by atomic mass is 10.2. The highest BCUT2D eigenvalue weighted by Crippen LogP contribution is 2.25. The maximum atomic E-state index is 6.13. The first kappa shape index (κ1) is 14.8. The number of thioether (sulfide) groups is 1. The van der Waals surface area contributed by atoms with Gasteiger partial charge in [0, 0.05) is 41.0 Å². The van der Waals surface area contributed by atoms with Crippen molar-refractivity contribution in [2.75, 3.05) is 18.1 Å². The van der Waals surface area contributed by atoms with Crippen molar-refractivity contribution in [2.45, 2.75) is 26.9 Å². The van der Waals surface area contributed by atoms with Crippen LogP contribution in [0.25, 0.3) is 10.9 Å². The molecule has 0 aliphatic rings. The van der Waals surface area contributed by atoms with E-state index in [1.807, 2.05) is 17.8 Å². The molecule has 0 fully saturated rings. The topological polar surface area (TPSA) is 17.0 Å². The van der Waals surface area contributed by atoms with E-state index in [1.165, 1.54) is 22.2 Å². The van der Waals surface area contributed by atoms with E-state index in [4.69, 9.17) is 11.6 Å². The molecule has 0 atom stereocenters. The maximum Gasteiger partial charge on any atom is 0.0498 e. The fourth-order valence-electron chi connectivity index (χ4n) is 2.23. The van der Waals surface area contributed by atoms with Crippen molar-refractivity contribution in [1.82, 2.24) is 9.88 Å². The number of benzene rings is 1. The fraction of sp³-hybridized carbons (Fsp3) is 0.467. The van der Waals surface area contributed by atoms with Gasteiger partial charge in [-0.1, -0.05) is 31.5 Å². The average molecular weight is 297 g/mol. The van der Waals surface area contributed by atoms with Crippen LogP contribution in [-0.2, 0) is 13.1 Å². The third-order valence-corrected chi connectivity index (χ3v) is 4.29. The maximum absolute atomic E-state index is 6.13. The van der Waals surface area contributed by atoms with Crippen LogP contribution in [0.4, 0.5) is 0 Å². The Balaban J connectivity index is 2.30. The van der Waals surface area contributed by atoms with Gasteiger partial charge in [-0.15, -0.1) is 0 Å². The SMILES string of the molecule is CCNCc1cn(CCSCC)c2cc(Cl)ccc12. The molecule has 0 aliphatic carbocycles. The molecule has 0 unspecified atom stereocenters. The smallest absolute Gasteiger partial charge is 0.0498 e. The first-order chi connectivity index (χ1) is 9.26. The lowest BCUT2D eigenvalue weighted by Crippen LogP contribution is -2.11. The summed E-state index contributed by atoms with van der Waals surface area (Å²) >= 11 is 8.10. The molecule has 0 radical (unpaired) electrons. The van der Waals surface area contributed by atoms with Crippen molar-refractivity contribution in [3.63, 3.8) is 0 Å². The number of nitrogens with one attached hydrogen (secondary N) is 1. The Hall–Kier alpha value is -0.640. The minimum atomic E-state index is 0.810. The number of halogens is 1. The Labute approximate surface area is 124 Å². The molecule has 2 rings (SSSR count). The molecule has 104 valence electrons. The predicted octanol–water partition coefficient (Wildman–Crippen LogP) is 4.16. The van der Waals surface area contributed by atoms with Crippen LogP contribution < -0.4 is 5.32 Å². The van der Waals surface area contributed by atoms with E-state index in [-0.39, 0.29) is 0 Å². The van der Waals surface area contributed by atoms with Crippen molar-refractivity contribution < 1.29 is 0 Å². The summed E-state index contributed by atoms with van der Waals surface area (Å²) in [6.45, 7) is 7.29. The van der Waals surface area contributed by atoms with Gasteiger partial charge in [-0.25, -0.2) is 0 Å². The van der Waals surface area contributed by atoms with E-state index >= 15 is 0 Å². The first-order valence-electron chi connectivity index (χ1n) is 6.82. The molecular weight excluding hydrogens is 276 g/mol. The summed E-state index contributed by atoms with van der Waals surface area (Å²) in [5.41, 5.74) is 2.60. The van der Waals surface area contributed by atoms with Crippen LogP contribution in [0.2, 0.25) is 5.02 Å². The predicted molar refractivity (Wildman–Crippen MR) is 87.3 cm³/mol. The van der Waals surface area contributed by atoms with Crippen molar-refractivity contribution >= 4 is 34.3 Å². The molecule has 0 amide bonds. The largest absolute Gasteiger partial charge is 0.346 e. The number of hydrogen-bond acceptors (Lipinski definition) is 2. The Morgan fingerprint density at radius 2 is 2.16 bits per heavy atom. The van der Waals surface area contributed by atoms with Crippen molar-refractivity contribution in [3.8, 4) is 0 Å². The normalized spacial score (nSPS) is 11.3. The third kappa shape index (κ3) is 3.68. The minimum Gasteiger partial charge on any atom is -0.346 e. The Bertz CT molecular complexity index is 536. The summed E-state index contributed by atoms with van der Waals surface area (Å²) in [4.78, 5) is 0. The third-order valence-electron chi connectivity index (χ3n) is 3.17. The van der Waals surface area contributed by atoms with Gasteiger partial charge in [0.15, 0.2) is 0 Å². The van der Waals surface area contributed by atoms with E-state index in [9.17, 15) is 0 Å². The Morgan fingerprint density at radius 3 is 2.89 bits per heavy atom. The molecule has 1 N–H and O–H groups in total. The quantitative estimate of drug-likeness (QED) is 0.773. The second kappa shape index (κ2) is 7.22. The molecule has 1 aromatic carbocycles. The second-order valence-electron chi connectivity index (χ2n) is 4.49. The van der Waals surface area contributed by atoms with Crippen LogP contribution in [0.5, 0.6) is 0 Å². The monoisotopic (exact) mass is 296 g/mol. The van der Waals surface area contributed by atoms with Gasteiger partial charge in [-0.2, -0.15) is 11.8 Å². The lowest BCUT2D eigenvalue weighted by Gasteiger charge is -2.04. The molecule has 0 spiro atoms. The first-order valence-corrected chi connectivity index (χ1v) is 8.35. The van der Waals surface area contributed by atoms with Crippen LogP contribution in [0.15, 0.2) is 24.4 Å². The van der Waals surface area contributed by atoms with Crippen LogP contribution in [0.3, 0.4) is 0 Å². The highest BCUT2D eigenvalue weighted by Gasteiger charge is 2.08. The number of aryl methyl sites for hydroxylation is 1. The van der Waals surface area contributed by atoms with Gasteiger partial charge in [0.25, 0.3) is 0 Å². The molecule has 1 heterocycles. The van der Waals surface area contributed by atoms with Crippen molar-refractivity contribution in [3.05, 3.63) is 35.0 Å². The van der Waals surface area contributed by atoms with Crippen molar-refractivity contribution in [1.29, 1.82) is 0 Å². The van der Waals surface area contributed by atoms with Gasteiger partial charge >= 0.3 is 0 Å². The van der Waals surface area contributed by atoms with Crippen molar-refractivity contribution in [2.24, 2.45) is 0 Å². The molecule has 0 saturated carbocycles. The number of rotatable bonds is 7. The zero-order valence-electron chi connectivity index (χ0n) is 11.6. The van der Waals surface area contributed by atoms with E-state index in [1.54, 1.807) is 0 Å². The molecule has 0 aliphatic heterocycles. The summed E-state index contributed by atoms with van der Waals surface area (Å²) < 4.78 is 2.33. The van der Waals surface area contributed by atoms with Crippen LogP contribution in [-0.4, -0.2) is 22.6 Å². The summed E-state index contributed by atoms with van der Waals surface area (Å²) in [5.74, 6) is 2.32. The second-order valence-corrected chi connectivity index (χ2v) is 6.32. The molecule has 0 saturated heterocycles. The zero-order valence-corrected chi connectivity index (χ0v) is 13.2. The summed E-state index contributed by atoms with van der Waals surface area (Å²) in [6, 6.07) is 6.18. The molecule has 2 aromatic rings. The minimum absolute atomic E-state index is 0.810. The lowest BCUT2D eigenvalue weighted by molar-refractivity contribution is 0.722. The molecule has 4 heteroatoms. The van der Waals surface area contributed by atoms with E-state index in [2.05, 4.69) is 42.1 Å². The molecule has 2 nitrogen and oxygen atoms in total. The summed E-state index contributed by atoms with van der Waals surface area (Å²) in [7, 11) is 0. The average Bonchev–Trinajstić information content (AvgIpc) is 2.74. The van der Waals surface area contributed by atoms with Crippen LogP contribution >= 0.6 is 23.4 Å². The summed E-state index contributed by atoms with van der Waals surface area (Å²) in [6.07, 6.45) is 2.26. The molecule has 1 aromatic heterocycles. The number of hydrogen-bond donors (Lipinski definition) is 1. The molecule has 19 heavy (non-hydrogen) atoms. The number of nitrogens with zero attached hydrogens (tertiary/aromatic N) is 1. The van der Waals surface area contributed by atoms with Gasteiger partial charge < -0.3 is 9.88 Å². The number of fused-ring (bicyclic) bond motifs is 1. The fourth-order valence-corrected chi connectivity index (χ4v) is 3.01. The van der Waals surface area contributed by atoms with Crippen LogP contribution in [0.1, 0.15) is 19.4 Å². The van der Waals surface area contributed by atoms with E-state index in [0.717, 1.165) is 30.4 Å². The van der Waals surface area contributed by atoms with E-state index < -0.39 is 0 Å². The Kier molecular flexibility index (Phi) is 5.61. The highest BCUT2D eigenvalue weighted by atomic mass is 35.5. The van der Waals surface area contributed by atoms with Gasteiger partial charge in [0.2, 0.25) is 0 Å². The van der Waals surface area contributed by atoms with Gasteiger partial charge in [0.05, 0.1) is 0 Å². The molecule has 0 bridgehead atoms. The summed E-state index contributed by atoms with van der Waals surface area (Å²) in [5, 5.41) is 5.52. The standard InChI is InChI=1S/C15H21ClN2S/c1-3-17-10-12-11-18(7-8-19-4-2)15-9-13(16)5-6-14(12)15/h5-6,9,11,17H,3-4,7-8,10H2,1-2H3. The highest BCUT2D eigenvalue weighted by molar-refractivity contribution is 7.99.